The van der Waals surface area contributed by atoms with E-state index in [1.165, 1.54) is 5.56 Å². The maximum absolute atomic E-state index is 13.0. The van der Waals surface area contributed by atoms with Crippen molar-refractivity contribution in [3.05, 3.63) is 65.7 Å². The highest BCUT2D eigenvalue weighted by molar-refractivity contribution is 5.84. The van der Waals surface area contributed by atoms with Gasteiger partial charge in [-0.3, -0.25) is 4.79 Å². The van der Waals surface area contributed by atoms with E-state index in [-0.39, 0.29) is 11.8 Å². The highest BCUT2D eigenvalue weighted by Crippen LogP contribution is 2.30. The second kappa shape index (κ2) is 7.32. The fourth-order valence-corrected chi connectivity index (χ4v) is 3.23. The van der Waals surface area contributed by atoms with Crippen molar-refractivity contribution in [2.24, 2.45) is 0 Å². The van der Waals surface area contributed by atoms with Crippen LogP contribution in [0.25, 0.3) is 0 Å². The lowest BCUT2D eigenvalue weighted by Crippen LogP contribution is -2.33. The summed E-state index contributed by atoms with van der Waals surface area (Å²) < 4.78 is 5.31. The smallest absolute Gasteiger partial charge is 0.230 e. The summed E-state index contributed by atoms with van der Waals surface area (Å²) in [4.78, 5) is 15.0. The fraction of sp³-hybridized carbons (Fsp3) is 0.350. The third-order valence-electron chi connectivity index (χ3n) is 4.49. The number of benzene rings is 2. The Hall–Kier alpha value is -2.29. The van der Waals surface area contributed by atoms with Gasteiger partial charge in [-0.1, -0.05) is 48.9 Å². The van der Waals surface area contributed by atoms with Gasteiger partial charge < -0.3 is 9.64 Å². The number of likely N-dealkylation sites (tertiary alicyclic amines) is 1. The van der Waals surface area contributed by atoms with Crippen LogP contribution in [-0.2, 0) is 11.3 Å². The van der Waals surface area contributed by atoms with Gasteiger partial charge in [0, 0.05) is 13.1 Å². The number of hydrogen-bond donors (Lipinski definition) is 0. The maximum atomic E-state index is 13.0. The van der Waals surface area contributed by atoms with Crippen LogP contribution in [0.3, 0.4) is 0 Å². The summed E-state index contributed by atoms with van der Waals surface area (Å²) in [6, 6.07) is 18.1. The molecule has 23 heavy (non-hydrogen) atoms. The molecular weight excluding hydrogens is 286 g/mol. The highest BCUT2D eigenvalue weighted by Gasteiger charge is 2.28. The standard InChI is InChI=1S/C20H23NO2/c1-23-18-11-7-10-17(14-18)19-12-5-6-13-21(20(19)22)15-16-8-3-2-4-9-16/h2-4,7-11,14,19H,5-6,12-13,15H2,1H3/t19-/m0/s1. The molecule has 2 aromatic rings. The minimum Gasteiger partial charge on any atom is -0.497 e. The molecule has 0 bridgehead atoms. The van der Waals surface area contributed by atoms with Crippen molar-refractivity contribution in [3.63, 3.8) is 0 Å². The Morgan fingerprint density at radius 2 is 1.91 bits per heavy atom. The molecule has 3 heteroatoms. The van der Waals surface area contributed by atoms with Crippen molar-refractivity contribution < 1.29 is 9.53 Å². The molecular formula is C20H23NO2. The third kappa shape index (κ3) is 3.73. The minimum atomic E-state index is -0.0590. The van der Waals surface area contributed by atoms with Crippen LogP contribution in [0.2, 0.25) is 0 Å². The average molecular weight is 309 g/mol. The van der Waals surface area contributed by atoms with Crippen LogP contribution in [0, 0.1) is 0 Å². The quantitative estimate of drug-likeness (QED) is 0.854. The minimum absolute atomic E-state index is 0.0590. The van der Waals surface area contributed by atoms with Gasteiger partial charge in [-0.05, 0) is 36.1 Å². The first kappa shape index (κ1) is 15.6. The van der Waals surface area contributed by atoms with Gasteiger partial charge in [-0.25, -0.2) is 0 Å². The highest BCUT2D eigenvalue weighted by atomic mass is 16.5. The molecule has 1 atom stereocenters. The number of methoxy groups -OCH3 is 1. The van der Waals surface area contributed by atoms with E-state index in [4.69, 9.17) is 4.74 Å². The third-order valence-corrected chi connectivity index (χ3v) is 4.49. The van der Waals surface area contributed by atoms with Gasteiger partial charge >= 0.3 is 0 Å². The Bertz CT molecular complexity index is 654. The molecule has 0 spiro atoms. The topological polar surface area (TPSA) is 29.5 Å². The first-order valence-corrected chi connectivity index (χ1v) is 8.24. The second-order valence-corrected chi connectivity index (χ2v) is 6.07. The molecule has 0 saturated carbocycles. The summed E-state index contributed by atoms with van der Waals surface area (Å²) in [6.45, 7) is 1.54. The Morgan fingerprint density at radius 1 is 1.09 bits per heavy atom. The van der Waals surface area contributed by atoms with Gasteiger partial charge in [0.2, 0.25) is 5.91 Å². The largest absolute Gasteiger partial charge is 0.497 e. The predicted molar refractivity (Wildman–Crippen MR) is 91.4 cm³/mol. The van der Waals surface area contributed by atoms with E-state index in [0.717, 1.165) is 37.1 Å². The summed E-state index contributed by atoms with van der Waals surface area (Å²) in [5.41, 5.74) is 2.25. The van der Waals surface area contributed by atoms with E-state index in [1.54, 1.807) is 7.11 Å². The van der Waals surface area contributed by atoms with Crippen molar-refractivity contribution in [2.45, 2.75) is 31.7 Å². The molecule has 0 aliphatic carbocycles. The normalized spacial score (nSPS) is 18.6. The van der Waals surface area contributed by atoms with E-state index < -0.39 is 0 Å². The van der Waals surface area contributed by atoms with Gasteiger partial charge in [0.1, 0.15) is 5.75 Å². The molecule has 1 saturated heterocycles. The molecule has 1 fully saturated rings. The van der Waals surface area contributed by atoms with Gasteiger partial charge in [0.15, 0.2) is 0 Å². The van der Waals surface area contributed by atoms with Gasteiger partial charge in [-0.15, -0.1) is 0 Å². The molecule has 2 aromatic carbocycles. The molecule has 0 aromatic heterocycles. The van der Waals surface area contributed by atoms with Crippen molar-refractivity contribution in [1.82, 2.24) is 4.90 Å². The maximum Gasteiger partial charge on any atom is 0.230 e. The number of nitrogens with zero attached hydrogens (tertiary/aromatic N) is 1. The summed E-state index contributed by atoms with van der Waals surface area (Å²) in [5, 5.41) is 0. The van der Waals surface area contributed by atoms with Crippen molar-refractivity contribution in [2.75, 3.05) is 13.7 Å². The Morgan fingerprint density at radius 3 is 2.70 bits per heavy atom. The van der Waals surface area contributed by atoms with Crippen molar-refractivity contribution in [1.29, 1.82) is 0 Å². The number of carbonyl (C=O) groups is 1. The zero-order valence-corrected chi connectivity index (χ0v) is 13.6. The molecule has 0 radical (unpaired) electrons. The molecule has 3 rings (SSSR count). The molecule has 1 aliphatic heterocycles. The Balaban J connectivity index is 1.81. The number of ether oxygens (including phenoxy) is 1. The van der Waals surface area contributed by atoms with Crippen LogP contribution in [-0.4, -0.2) is 24.5 Å². The van der Waals surface area contributed by atoms with E-state index >= 15 is 0 Å². The number of rotatable bonds is 4. The lowest BCUT2D eigenvalue weighted by atomic mass is 9.93. The van der Waals surface area contributed by atoms with E-state index in [1.807, 2.05) is 47.4 Å². The first-order valence-electron chi connectivity index (χ1n) is 8.24. The Kier molecular flexibility index (Phi) is 4.96. The van der Waals surface area contributed by atoms with Crippen LogP contribution >= 0.6 is 0 Å². The second-order valence-electron chi connectivity index (χ2n) is 6.07. The summed E-state index contributed by atoms with van der Waals surface area (Å²) in [7, 11) is 1.66. The molecule has 0 unspecified atom stereocenters. The van der Waals surface area contributed by atoms with Crippen LogP contribution in [0.15, 0.2) is 54.6 Å². The van der Waals surface area contributed by atoms with Crippen LogP contribution in [0.5, 0.6) is 5.75 Å². The van der Waals surface area contributed by atoms with E-state index in [9.17, 15) is 4.79 Å². The number of amides is 1. The summed E-state index contributed by atoms with van der Waals surface area (Å²) in [5.74, 6) is 0.991. The van der Waals surface area contributed by atoms with Gasteiger partial charge in [-0.2, -0.15) is 0 Å². The van der Waals surface area contributed by atoms with Crippen LogP contribution < -0.4 is 4.74 Å². The molecule has 0 N–H and O–H groups in total. The SMILES string of the molecule is COc1cccc([C@@H]2CCCCN(Cc3ccccc3)C2=O)c1. The van der Waals surface area contributed by atoms with Crippen LogP contribution in [0.1, 0.15) is 36.3 Å². The number of carbonyl (C=O) groups excluding carboxylic acids is 1. The lowest BCUT2D eigenvalue weighted by Gasteiger charge is -2.25. The number of hydrogen-bond acceptors (Lipinski definition) is 2. The molecule has 1 amide bonds. The van der Waals surface area contributed by atoms with Crippen molar-refractivity contribution >= 4 is 5.91 Å². The predicted octanol–water partition coefficient (Wildman–Crippen LogP) is 3.99. The lowest BCUT2D eigenvalue weighted by molar-refractivity contribution is -0.132. The van der Waals surface area contributed by atoms with E-state index in [2.05, 4.69) is 12.1 Å². The van der Waals surface area contributed by atoms with E-state index in [0.29, 0.717) is 6.54 Å². The van der Waals surface area contributed by atoms with Crippen molar-refractivity contribution in [3.8, 4) is 5.75 Å². The molecule has 1 aliphatic rings. The first-order chi connectivity index (χ1) is 11.3. The monoisotopic (exact) mass is 309 g/mol. The van der Waals surface area contributed by atoms with Gasteiger partial charge in [0.05, 0.1) is 13.0 Å². The molecule has 3 nitrogen and oxygen atoms in total. The molecule has 1 heterocycles. The summed E-state index contributed by atoms with van der Waals surface area (Å²) in [6.07, 6.45) is 3.06. The Labute approximate surface area is 137 Å². The molecule has 120 valence electrons. The van der Waals surface area contributed by atoms with Crippen LogP contribution in [0.4, 0.5) is 0 Å². The zero-order chi connectivity index (χ0) is 16.1. The fourth-order valence-electron chi connectivity index (χ4n) is 3.23. The summed E-state index contributed by atoms with van der Waals surface area (Å²) >= 11 is 0. The zero-order valence-electron chi connectivity index (χ0n) is 13.6. The average Bonchev–Trinajstić information content (AvgIpc) is 2.78. The van der Waals surface area contributed by atoms with Gasteiger partial charge in [0.25, 0.3) is 0 Å².